The van der Waals surface area contributed by atoms with Crippen LogP contribution in [-0.4, -0.2) is 12.3 Å². The Morgan fingerprint density at radius 1 is 1.07 bits per heavy atom. The predicted molar refractivity (Wildman–Crippen MR) is 67.8 cm³/mol. The van der Waals surface area contributed by atoms with Crippen LogP contribution in [-0.2, 0) is 0 Å². The first-order valence-corrected chi connectivity index (χ1v) is 7.16. The minimum absolute atomic E-state index is 0.0607. The van der Waals surface area contributed by atoms with Gasteiger partial charge in [-0.15, -0.1) is 0 Å². The summed E-state index contributed by atoms with van der Waals surface area (Å²) in [6.07, 6.45) is 5.30. The molecule has 0 atom stereocenters. The Labute approximate surface area is 89.5 Å². The van der Waals surface area contributed by atoms with Crippen molar-refractivity contribution in [2.45, 2.75) is 26.7 Å². The molecule has 1 radical (unpaired) electrons. The highest BCUT2D eigenvalue weighted by atomic mass is 31.1. The summed E-state index contributed by atoms with van der Waals surface area (Å²) in [5, 5.41) is 1.52. The Morgan fingerprint density at radius 3 is 2.14 bits per heavy atom. The Balaban J connectivity index is 2.81. The molecule has 1 aromatic carbocycles. The van der Waals surface area contributed by atoms with Crippen molar-refractivity contribution in [1.29, 1.82) is 0 Å². The van der Waals surface area contributed by atoms with E-state index in [2.05, 4.69) is 45.0 Å². The quantitative estimate of drug-likeness (QED) is 0.644. The standard InChI is InChI=1S/C13H20P/c1-4-10-14(11-5-2)13-9-7-6-8-12(13)3/h6-9H,3-5,10-11H2,1-2H3. The molecule has 1 rings (SSSR count). The molecule has 0 aromatic heterocycles. The van der Waals surface area contributed by atoms with Crippen molar-refractivity contribution in [3.63, 3.8) is 0 Å². The fourth-order valence-electron chi connectivity index (χ4n) is 1.71. The summed E-state index contributed by atoms with van der Waals surface area (Å²) in [7, 11) is 0.0607. The average Bonchev–Trinajstić information content (AvgIpc) is 2.18. The van der Waals surface area contributed by atoms with Gasteiger partial charge in [-0.3, -0.25) is 0 Å². The van der Waals surface area contributed by atoms with Crippen LogP contribution in [0.1, 0.15) is 32.3 Å². The van der Waals surface area contributed by atoms with Gasteiger partial charge >= 0.3 is 0 Å². The van der Waals surface area contributed by atoms with Crippen molar-refractivity contribution >= 4 is 13.2 Å². The maximum absolute atomic E-state index is 4.12. The molecule has 0 aliphatic heterocycles. The van der Waals surface area contributed by atoms with E-state index in [1.54, 1.807) is 0 Å². The Bertz CT molecular complexity index is 262. The van der Waals surface area contributed by atoms with E-state index < -0.39 is 0 Å². The second kappa shape index (κ2) is 6.19. The van der Waals surface area contributed by atoms with Crippen molar-refractivity contribution in [3.05, 3.63) is 36.8 Å². The molecule has 0 aliphatic rings. The van der Waals surface area contributed by atoms with Gasteiger partial charge in [0.1, 0.15) is 0 Å². The molecule has 0 aliphatic carbocycles. The van der Waals surface area contributed by atoms with Crippen molar-refractivity contribution in [3.8, 4) is 0 Å². The number of hydrogen-bond acceptors (Lipinski definition) is 0. The largest absolute Gasteiger partial charge is 0.0750 e. The summed E-state index contributed by atoms with van der Waals surface area (Å²) < 4.78 is 0. The SMILES string of the molecule is [CH2]c1ccccc1P(CCC)CCC. The predicted octanol–water partition coefficient (Wildman–Crippen LogP) is 3.80. The summed E-state index contributed by atoms with van der Waals surface area (Å²) in [6, 6.07) is 8.62. The second-order valence-electron chi connectivity index (χ2n) is 3.62. The smallest absolute Gasteiger partial charge is 0.0208 e. The Kier molecular flexibility index (Phi) is 5.19. The van der Waals surface area contributed by atoms with E-state index in [0.29, 0.717) is 0 Å². The third-order valence-electron chi connectivity index (χ3n) is 2.32. The summed E-state index contributed by atoms with van der Waals surface area (Å²) in [6.45, 7) is 8.67. The van der Waals surface area contributed by atoms with Crippen LogP contribution in [0.3, 0.4) is 0 Å². The van der Waals surface area contributed by atoms with Gasteiger partial charge in [0.15, 0.2) is 0 Å². The third-order valence-corrected chi connectivity index (χ3v) is 5.41. The third kappa shape index (κ3) is 3.10. The number of hydrogen-bond donors (Lipinski definition) is 0. The Hall–Kier alpha value is -0.350. The van der Waals surface area contributed by atoms with E-state index >= 15 is 0 Å². The molecule has 0 N–H and O–H groups in total. The molecule has 0 bridgehead atoms. The van der Waals surface area contributed by atoms with Gasteiger partial charge in [-0.05, 0) is 30.1 Å². The zero-order valence-electron chi connectivity index (χ0n) is 9.29. The van der Waals surface area contributed by atoms with E-state index in [1.165, 1.54) is 36.0 Å². The van der Waals surface area contributed by atoms with Gasteiger partial charge in [-0.2, -0.15) is 0 Å². The molecule has 0 unspecified atom stereocenters. The molecule has 0 amide bonds. The molecule has 1 heteroatoms. The lowest BCUT2D eigenvalue weighted by Crippen LogP contribution is -2.09. The van der Waals surface area contributed by atoms with Crippen molar-refractivity contribution < 1.29 is 0 Å². The van der Waals surface area contributed by atoms with Gasteiger partial charge in [0.25, 0.3) is 0 Å². The minimum Gasteiger partial charge on any atom is -0.0750 e. The zero-order chi connectivity index (χ0) is 10.4. The van der Waals surface area contributed by atoms with Gasteiger partial charge in [0.2, 0.25) is 0 Å². The van der Waals surface area contributed by atoms with Crippen LogP contribution in [0.2, 0.25) is 0 Å². The zero-order valence-corrected chi connectivity index (χ0v) is 10.2. The molecule has 77 valence electrons. The highest BCUT2D eigenvalue weighted by Gasteiger charge is 2.10. The van der Waals surface area contributed by atoms with Gasteiger partial charge in [-0.1, -0.05) is 58.9 Å². The molecular formula is C13H20P. The summed E-state index contributed by atoms with van der Waals surface area (Å²) >= 11 is 0. The lowest BCUT2D eigenvalue weighted by molar-refractivity contribution is 1.06. The van der Waals surface area contributed by atoms with Gasteiger partial charge in [0.05, 0.1) is 0 Å². The molecule has 0 spiro atoms. The Morgan fingerprint density at radius 2 is 1.64 bits per heavy atom. The summed E-state index contributed by atoms with van der Waals surface area (Å²) in [5.41, 5.74) is 1.24. The average molecular weight is 207 g/mol. The van der Waals surface area contributed by atoms with Crippen LogP contribution in [0.5, 0.6) is 0 Å². The topological polar surface area (TPSA) is 0 Å². The lowest BCUT2D eigenvalue weighted by atomic mass is 10.2. The molecule has 0 saturated heterocycles. The van der Waals surface area contributed by atoms with Crippen LogP contribution < -0.4 is 5.30 Å². The van der Waals surface area contributed by atoms with Crippen molar-refractivity contribution in [2.75, 3.05) is 12.3 Å². The van der Waals surface area contributed by atoms with Crippen LogP contribution in [0.25, 0.3) is 0 Å². The second-order valence-corrected chi connectivity index (χ2v) is 6.07. The summed E-state index contributed by atoms with van der Waals surface area (Å²) in [5.74, 6) is 0. The van der Waals surface area contributed by atoms with E-state index in [-0.39, 0.29) is 7.92 Å². The van der Waals surface area contributed by atoms with Crippen LogP contribution in [0.15, 0.2) is 24.3 Å². The number of benzene rings is 1. The monoisotopic (exact) mass is 207 g/mol. The van der Waals surface area contributed by atoms with Crippen LogP contribution in [0.4, 0.5) is 0 Å². The molecule has 0 nitrogen and oxygen atoms in total. The molecular weight excluding hydrogens is 187 g/mol. The van der Waals surface area contributed by atoms with E-state index in [9.17, 15) is 0 Å². The summed E-state index contributed by atoms with van der Waals surface area (Å²) in [4.78, 5) is 0. The van der Waals surface area contributed by atoms with E-state index in [4.69, 9.17) is 0 Å². The minimum atomic E-state index is 0.0607. The van der Waals surface area contributed by atoms with E-state index in [1.807, 2.05) is 0 Å². The van der Waals surface area contributed by atoms with Gasteiger partial charge in [0, 0.05) is 0 Å². The highest BCUT2D eigenvalue weighted by Crippen LogP contribution is 2.36. The highest BCUT2D eigenvalue weighted by molar-refractivity contribution is 7.65. The van der Waals surface area contributed by atoms with Crippen molar-refractivity contribution in [1.82, 2.24) is 0 Å². The number of rotatable bonds is 5. The fraction of sp³-hybridized carbons (Fsp3) is 0.462. The van der Waals surface area contributed by atoms with E-state index in [0.717, 1.165) is 0 Å². The fourth-order valence-corrected chi connectivity index (χ4v) is 4.27. The van der Waals surface area contributed by atoms with Crippen molar-refractivity contribution in [2.24, 2.45) is 0 Å². The normalized spacial score (nSPS) is 10.9. The van der Waals surface area contributed by atoms with Gasteiger partial charge in [-0.25, -0.2) is 0 Å². The van der Waals surface area contributed by atoms with Crippen LogP contribution in [0, 0.1) is 6.92 Å². The van der Waals surface area contributed by atoms with Crippen LogP contribution >= 0.6 is 7.92 Å². The molecule has 14 heavy (non-hydrogen) atoms. The van der Waals surface area contributed by atoms with Gasteiger partial charge < -0.3 is 0 Å². The maximum atomic E-state index is 4.12. The lowest BCUT2D eigenvalue weighted by Gasteiger charge is -2.18. The maximum Gasteiger partial charge on any atom is -0.0208 e. The molecule has 1 aromatic rings. The molecule has 0 fully saturated rings. The molecule has 0 saturated carbocycles. The first-order chi connectivity index (χ1) is 6.79. The molecule has 0 heterocycles. The first-order valence-electron chi connectivity index (χ1n) is 5.45. The first kappa shape index (κ1) is 11.7.